The lowest BCUT2D eigenvalue weighted by atomic mass is 10.3. The number of hydrogen-bond acceptors (Lipinski definition) is 3. The first-order chi connectivity index (χ1) is 6.09. The van der Waals surface area contributed by atoms with Crippen LogP contribution in [0.5, 0.6) is 0 Å². The molecule has 0 aliphatic heterocycles. The van der Waals surface area contributed by atoms with Crippen molar-refractivity contribution >= 4 is 33.9 Å². The summed E-state index contributed by atoms with van der Waals surface area (Å²) < 4.78 is 3.22. The average molecular weight is 262 g/mol. The van der Waals surface area contributed by atoms with E-state index in [1.165, 1.54) is 0 Å². The number of amides is 2. The SMILES string of the molecule is Cc1cnc(SNC(N)=O)c(Br)c1. The lowest BCUT2D eigenvalue weighted by molar-refractivity contribution is 0.254. The molecule has 0 spiro atoms. The van der Waals surface area contributed by atoms with Gasteiger partial charge in [-0.2, -0.15) is 0 Å². The van der Waals surface area contributed by atoms with Crippen LogP contribution in [0.15, 0.2) is 21.8 Å². The summed E-state index contributed by atoms with van der Waals surface area (Å²) in [5.74, 6) is 0. The Morgan fingerprint density at radius 2 is 2.46 bits per heavy atom. The third kappa shape index (κ3) is 3.23. The number of aromatic nitrogens is 1. The number of halogens is 1. The van der Waals surface area contributed by atoms with Crippen molar-refractivity contribution in [2.24, 2.45) is 5.73 Å². The highest BCUT2D eigenvalue weighted by molar-refractivity contribution is 9.10. The Balaban J connectivity index is 2.72. The molecular formula is C7H8BrN3OS. The van der Waals surface area contributed by atoms with Crippen molar-refractivity contribution in [2.75, 3.05) is 0 Å². The van der Waals surface area contributed by atoms with Crippen molar-refractivity contribution < 1.29 is 4.79 Å². The predicted octanol–water partition coefficient (Wildman–Crippen LogP) is 1.83. The average Bonchev–Trinajstić information content (AvgIpc) is 2.02. The number of aryl methyl sites for hydroxylation is 1. The molecule has 4 nitrogen and oxygen atoms in total. The summed E-state index contributed by atoms with van der Waals surface area (Å²) in [6.07, 6.45) is 1.72. The zero-order chi connectivity index (χ0) is 9.84. The molecule has 0 unspecified atom stereocenters. The van der Waals surface area contributed by atoms with Crippen LogP contribution in [0.3, 0.4) is 0 Å². The van der Waals surface area contributed by atoms with Gasteiger partial charge in [-0.1, -0.05) is 0 Å². The summed E-state index contributed by atoms with van der Waals surface area (Å²) in [4.78, 5) is 14.5. The van der Waals surface area contributed by atoms with Gasteiger partial charge in [0.1, 0.15) is 5.03 Å². The number of rotatable bonds is 2. The third-order valence-corrected chi connectivity index (χ3v) is 2.88. The maximum absolute atomic E-state index is 10.4. The molecule has 3 N–H and O–H groups in total. The minimum absolute atomic E-state index is 0.584. The number of hydrogen-bond donors (Lipinski definition) is 2. The zero-order valence-electron chi connectivity index (χ0n) is 6.87. The minimum Gasteiger partial charge on any atom is -0.351 e. The number of carbonyl (C=O) groups excluding carboxylic acids is 1. The molecule has 0 atom stereocenters. The van der Waals surface area contributed by atoms with Gasteiger partial charge in [-0.25, -0.2) is 9.78 Å². The second-order valence-electron chi connectivity index (χ2n) is 2.37. The van der Waals surface area contributed by atoms with E-state index >= 15 is 0 Å². The highest BCUT2D eigenvalue weighted by Gasteiger charge is 2.03. The van der Waals surface area contributed by atoms with Crippen molar-refractivity contribution in [3.05, 3.63) is 22.3 Å². The molecule has 0 fully saturated rings. The zero-order valence-corrected chi connectivity index (χ0v) is 9.28. The van der Waals surface area contributed by atoms with Gasteiger partial charge < -0.3 is 5.73 Å². The summed E-state index contributed by atoms with van der Waals surface area (Å²) >= 11 is 4.40. The van der Waals surface area contributed by atoms with Gasteiger partial charge in [-0.15, -0.1) is 0 Å². The monoisotopic (exact) mass is 261 g/mol. The van der Waals surface area contributed by atoms with Crippen LogP contribution in [0.25, 0.3) is 0 Å². The molecule has 0 aliphatic carbocycles. The van der Waals surface area contributed by atoms with Gasteiger partial charge >= 0.3 is 6.03 Å². The Labute approximate surface area is 88.6 Å². The van der Waals surface area contributed by atoms with Crippen molar-refractivity contribution in [3.8, 4) is 0 Å². The normalized spacial score (nSPS) is 9.69. The van der Waals surface area contributed by atoms with Gasteiger partial charge in [-0.05, 0) is 34.5 Å². The molecule has 6 heteroatoms. The van der Waals surface area contributed by atoms with Crippen LogP contribution in [-0.2, 0) is 0 Å². The van der Waals surface area contributed by atoms with Gasteiger partial charge in [0.25, 0.3) is 0 Å². The van der Waals surface area contributed by atoms with E-state index in [2.05, 4.69) is 25.6 Å². The van der Waals surface area contributed by atoms with Crippen LogP contribution in [0, 0.1) is 6.92 Å². The van der Waals surface area contributed by atoms with E-state index in [1.807, 2.05) is 13.0 Å². The molecule has 1 rings (SSSR count). The van der Waals surface area contributed by atoms with E-state index in [-0.39, 0.29) is 0 Å². The summed E-state index contributed by atoms with van der Waals surface area (Å²) in [5, 5.41) is 0.685. The number of carbonyl (C=O) groups is 1. The number of primary amides is 1. The van der Waals surface area contributed by atoms with Crippen LogP contribution in [0.4, 0.5) is 4.79 Å². The first kappa shape index (κ1) is 10.3. The second-order valence-corrected chi connectivity index (χ2v) is 4.02. The largest absolute Gasteiger partial charge is 0.351 e. The van der Waals surface area contributed by atoms with Crippen LogP contribution in [0.1, 0.15) is 5.56 Å². The molecule has 0 aromatic carbocycles. The summed E-state index contributed by atoms with van der Waals surface area (Å²) in [6.45, 7) is 1.94. The van der Waals surface area contributed by atoms with Crippen molar-refractivity contribution in [1.29, 1.82) is 0 Å². The Hall–Kier alpha value is -0.750. The highest BCUT2D eigenvalue weighted by atomic mass is 79.9. The maximum Gasteiger partial charge on any atom is 0.322 e. The van der Waals surface area contributed by atoms with Crippen molar-refractivity contribution in [2.45, 2.75) is 11.9 Å². The predicted molar refractivity (Wildman–Crippen MR) is 55.3 cm³/mol. The number of nitrogens with zero attached hydrogens (tertiary/aromatic N) is 1. The fourth-order valence-corrected chi connectivity index (χ4v) is 1.86. The molecule has 1 aromatic heterocycles. The third-order valence-electron chi connectivity index (χ3n) is 1.19. The minimum atomic E-state index is -0.584. The first-order valence-electron chi connectivity index (χ1n) is 3.44. The molecule has 2 amide bonds. The summed E-state index contributed by atoms with van der Waals surface area (Å²) in [5.41, 5.74) is 5.96. The molecule has 0 saturated heterocycles. The number of pyridine rings is 1. The standard InChI is InChI=1S/C7H8BrN3OS/c1-4-2-5(8)6(10-3-4)13-11-7(9)12/h2-3H,1H3,(H3,9,11,12). The number of nitrogens with one attached hydrogen (secondary N) is 1. The summed E-state index contributed by atoms with van der Waals surface area (Å²) in [6, 6.07) is 1.33. The Morgan fingerprint density at radius 1 is 1.77 bits per heavy atom. The van der Waals surface area contributed by atoms with E-state index < -0.39 is 6.03 Å². The van der Waals surface area contributed by atoms with E-state index in [9.17, 15) is 4.79 Å². The van der Waals surface area contributed by atoms with Crippen LogP contribution in [0.2, 0.25) is 0 Å². The van der Waals surface area contributed by atoms with Crippen LogP contribution >= 0.6 is 27.9 Å². The molecule has 13 heavy (non-hydrogen) atoms. The molecule has 1 heterocycles. The molecule has 0 bridgehead atoms. The lowest BCUT2D eigenvalue weighted by Crippen LogP contribution is -2.22. The van der Waals surface area contributed by atoms with E-state index in [0.29, 0.717) is 5.03 Å². The fraction of sp³-hybridized carbons (Fsp3) is 0.143. The smallest absolute Gasteiger partial charge is 0.322 e. The van der Waals surface area contributed by atoms with E-state index in [0.717, 1.165) is 22.0 Å². The van der Waals surface area contributed by atoms with Gasteiger partial charge in [0.05, 0.1) is 4.47 Å². The molecular weight excluding hydrogens is 254 g/mol. The molecule has 1 aromatic rings. The van der Waals surface area contributed by atoms with Gasteiger partial charge in [0, 0.05) is 18.1 Å². The van der Waals surface area contributed by atoms with Crippen LogP contribution < -0.4 is 10.5 Å². The van der Waals surface area contributed by atoms with E-state index in [4.69, 9.17) is 5.73 Å². The number of nitrogens with two attached hydrogens (primary N) is 1. The molecule has 70 valence electrons. The Kier molecular flexibility index (Phi) is 3.56. The number of urea groups is 1. The van der Waals surface area contributed by atoms with Gasteiger partial charge in [-0.3, -0.25) is 4.72 Å². The van der Waals surface area contributed by atoms with E-state index in [1.54, 1.807) is 6.20 Å². The summed E-state index contributed by atoms with van der Waals surface area (Å²) in [7, 11) is 0. The second kappa shape index (κ2) is 4.48. The Morgan fingerprint density at radius 3 is 3.00 bits per heavy atom. The van der Waals surface area contributed by atoms with Crippen molar-refractivity contribution in [1.82, 2.24) is 9.71 Å². The molecule has 0 radical (unpaired) electrons. The fourth-order valence-electron chi connectivity index (χ4n) is 0.695. The lowest BCUT2D eigenvalue weighted by Gasteiger charge is -2.02. The van der Waals surface area contributed by atoms with Gasteiger partial charge in [0.2, 0.25) is 0 Å². The quantitative estimate of drug-likeness (QED) is 0.799. The molecule has 0 aliphatic rings. The van der Waals surface area contributed by atoms with Crippen LogP contribution in [-0.4, -0.2) is 11.0 Å². The van der Waals surface area contributed by atoms with Crippen molar-refractivity contribution in [3.63, 3.8) is 0 Å². The maximum atomic E-state index is 10.4. The Bertz CT molecular complexity index is 332. The highest BCUT2D eigenvalue weighted by Crippen LogP contribution is 2.23. The van der Waals surface area contributed by atoms with Gasteiger partial charge in [0.15, 0.2) is 0 Å². The molecule has 0 saturated carbocycles. The first-order valence-corrected chi connectivity index (χ1v) is 5.05. The topological polar surface area (TPSA) is 68.0 Å².